The summed E-state index contributed by atoms with van der Waals surface area (Å²) in [5, 5.41) is 3.19. The van der Waals surface area contributed by atoms with E-state index in [-0.39, 0.29) is 5.91 Å². The highest BCUT2D eigenvalue weighted by atomic mass is 16.2. The number of benzene rings is 1. The lowest BCUT2D eigenvalue weighted by atomic mass is 10.2. The minimum atomic E-state index is -0.470. The largest absolute Gasteiger partial charge is 0.381 e. The van der Waals surface area contributed by atoms with Crippen LogP contribution in [0.3, 0.4) is 0 Å². The van der Waals surface area contributed by atoms with Gasteiger partial charge in [0.1, 0.15) is 6.04 Å². The third-order valence-electron chi connectivity index (χ3n) is 2.67. The standard InChI is InChI=1S/C11H15N3O.C2H6/c1-7-3-4-10-9(5-7)13-6-8(12)11(15)14(10)2;1-2/h3-5,8,13H,6,12H2,1-2H3;1-2H3. The zero-order valence-electron chi connectivity index (χ0n) is 10.9. The first kappa shape index (κ1) is 13.5. The van der Waals surface area contributed by atoms with Crippen molar-refractivity contribution in [3.8, 4) is 0 Å². The molecule has 17 heavy (non-hydrogen) atoms. The number of nitrogens with zero attached hydrogens (tertiary/aromatic N) is 1. The summed E-state index contributed by atoms with van der Waals surface area (Å²) in [7, 11) is 1.75. The van der Waals surface area contributed by atoms with Gasteiger partial charge in [0.15, 0.2) is 0 Å². The molecule has 0 aromatic heterocycles. The molecule has 4 nitrogen and oxygen atoms in total. The predicted molar refractivity (Wildman–Crippen MR) is 72.4 cm³/mol. The number of likely N-dealkylation sites (N-methyl/N-ethyl adjacent to an activating group) is 1. The van der Waals surface area contributed by atoms with Crippen molar-refractivity contribution in [1.29, 1.82) is 0 Å². The number of anilines is 2. The van der Waals surface area contributed by atoms with Gasteiger partial charge in [-0.05, 0) is 24.6 Å². The van der Waals surface area contributed by atoms with Crippen LogP contribution >= 0.6 is 0 Å². The van der Waals surface area contributed by atoms with E-state index < -0.39 is 6.04 Å². The number of amides is 1. The van der Waals surface area contributed by atoms with Crippen LogP contribution in [0, 0.1) is 6.92 Å². The monoisotopic (exact) mass is 235 g/mol. The average Bonchev–Trinajstić information content (AvgIpc) is 2.45. The Labute approximate surface area is 103 Å². The van der Waals surface area contributed by atoms with E-state index in [1.807, 2.05) is 39.0 Å². The maximum atomic E-state index is 11.8. The predicted octanol–water partition coefficient (Wildman–Crippen LogP) is 1.74. The minimum Gasteiger partial charge on any atom is -0.381 e. The van der Waals surface area contributed by atoms with Crippen LogP contribution in [0.2, 0.25) is 0 Å². The van der Waals surface area contributed by atoms with E-state index in [0.29, 0.717) is 6.54 Å². The molecule has 94 valence electrons. The zero-order valence-corrected chi connectivity index (χ0v) is 10.9. The lowest BCUT2D eigenvalue weighted by Gasteiger charge is -2.18. The van der Waals surface area contributed by atoms with Gasteiger partial charge in [0.05, 0.1) is 11.4 Å². The molecule has 0 radical (unpaired) electrons. The Morgan fingerprint density at radius 3 is 2.71 bits per heavy atom. The maximum Gasteiger partial charge on any atom is 0.245 e. The normalized spacial score (nSPS) is 18.5. The van der Waals surface area contributed by atoms with E-state index in [0.717, 1.165) is 16.9 Å². The lowest BCUT2D eigenvalue weighted by molar-refractivity contribution is -0.119. The first-order valence-corrected chi connectivity index (χ1v) is 5.97. The summed E-state index contributed by atoms with van der Waals surface area (Å²) in [6, 6.07) is 5.48. The first-order chi connectivity index (χ1) is 8.09. The average molecular weight is 235 g/mol. The SMILES string of the molecule is CC.Cc1ccc2c(c1)NCC(N)C(=O)N2C. The quantitative estimate of drug-likeness (QED) is 0.720. The topological polar surface area (TPSA) is 58.4 Å². The number of carbonyl (C=O) groups excluding carboxylic acids is 1. The third kappa shape index (κ3) is 2.77. The van der Waals surface area contributed by atoms with Crippen LogP contribution in [0.4, 0.5) is 11.4 Å². The summed E-state index contributed by atoms with van der Waals surface area (Å²) >= 11 is 0. The molecule has 1 unspecified atom stereocenters. The molecular formula is C13H21N3O. The van der Waals surface area contributed by atoms with E-state index in [4.69, 9.17) is 5.73 Å². The van der Waals surface area contributed by atoms with Gasteiger partial charge in [-0.3, -0.25) is 4.79 Å². The van der Waals surface area contributed by atoms with Crippen LogP contribution in [0.25, 0.3) is 0 Å². The summed E-state index contributed by atoms with van der Waals surface area (Å²) < 4.78 is 0. The van der Waals surface area contributed by atoms with Crippen molar-refractivity contribution < 1.29 is 4.79 Å². The van der Waals surface area contributed by atoms with Crippen molar-refractivity contribution in [1.82, 2.24) is 0 Å². The molecule has 1 aliphatic rings. The molecular weight excluding hydrogens is 214 g/mol. The molecule has 0 fully saturated rings. The van der Waals surface area contributed by atoms with E-state index in [2.05, 4.69) is 5.32 Å². The third-order valence-corrected chi connectivity index (χ3v) is 2.67. The van der Waals surface area contributed by atoms with Gasteiger partial charge >= 0.3 is 0 Å². The molecule has 2 rings (SSSR count). The second kappa shape index (κ2) is 5.68. The summed E-state index contributed by atoms with van der Waals surface area (Å²) in [5.41, 5.74) is 8.76. The van der Waals surface area contributed by atoms with Crippen LogP contribution in [0.1, 0.15) is 19.4 Å². The molecule has 0 saturated heterocycles. The fourth-order valence-corrected chi connectivity index (χ4v) is 1.76. The number of rotatable bonds is 0. The van der Waals surface area contributed by atoms with Crippen LogP contribution < -0.4 is 16.0 Å². The van der Waals surface area contributed by atoms with Crippen molar-refractivity contribution in [2.75, 3.05) is 23.8 Å². The number of nitrogens with one attached hydrogen (secondary N) is 1. The molecule has 3 N–H and O–H groups in total. The number of fused-ring (bicyclic) bond motifs is 1. The van der Waals surface area contributed by atoms with Gasteiger partial charge < -0.3 is 16.0 Å². The number of nitrogens with two attached hydrogens (primary N) is 1. The summed E-state index contributed by atoms with van der Waals surface area (Å²) in [6.45, 7) is 6.51. The smallest absolute Gasteiger partial charge is 0.245 e. The number of carbonyl (C=O) groups is 1. The zero-order chi connectivity index (χ0) is 13.0. The highest BCUT2D eigenvalue weighted by Crippen LogP contribution is 2.28. The van der Waals surface area contributed by atoms with Crippen molar-refractivity contribution in [2.45, 2.75) is 26.8 Å². The molecule has 1 aromatic carbocycles. The molecule has 1 atom stereocenters. The molecule has 1 amide bonds. The summed E-state index contributed by atoms with van der Waals surface area (Å²) in [4.78, 5) is 13.4. The molecule has 0 bridgehead atoms. The van der Waals surface area contributed by atoms with Crippen LogP contribution in [-0.2, 0) is 4.79 Å². The maximum absolute atomic E-state index is 11.8. The van der Waals surface area contributed by atoms with Gasteiger partial charge in [-0.25, -0.2) is 0 Å². The van der Waals surface area contributed by atoms with Crippen LogP contribution in [0.15, 0.2) is 18.2 Å². The van der Waals surface area contributed by atoms with E-state index in [9.17, 15) is 4.79 Å². The van der Waals surface area contributed by atoms with Gasteiger partial charge in [-0.1, -0.05) is 19.9 Å². The minimum absolute atomic E-state index is 0.0508. The van der Waals surface area contributed by atoms with Crippen LogP contribution in [-0.4, -0.2) is 25.5 Å². The van der Waals surface area contributed by atoms with Crippen molar-refractivity contribution in [3.05, 3.63) is 23.8 Å². The highest BCUT2D eigenvalue weighted by molar-refractivity contribution is 6.01. The molecule has 1 aromatic rings. The Balaban J connectivity index is 0.000000686. The molecule has 1 aliphatic heterocycles. The Hall–Kier alpha value is -1.55. The molecule has 0 aliphatic carbocycles. The highest BCUT2D eigenvalue weighted by Gasteiger charge is 2.24. The summed E-state index contributed by atoms with van der Waals surface area (Å²) in [5.74, 6) is -0.0508. The Bertz CT molecular complexity index is 404. The Kier molecular flexibility index (Phi) is 4.52. The molecule has 1 heterocycles. The number of hydrogen-bond donors (Lipinski definition) is 2. The molecule has 0 saturated carbocycles. The fraction of sp³-hybridized carbons (Fsp3) is 0.462. The van der Waals surface area contributed by atoms with Crippen molar-refractivity contribution >= 4 is 17.3 Å². The van der Waals surface area contributed by atoms with Gasteiger partial charge in [0, 0.05) is 13.6 Å². The fourth-order valence-electron chi connectivity index (χ4n) is 1.76. The molecule has 0 spiro atoms. The first-order valence-electron chi connectivity index (χ1n) is 5.97. The Morgan fingerprint density at radius 2 is 2.06 bits per heavy atom. The van der Waals surface area contributed by atoms with Crippen molar-refractivity contribution in [2.24, 2.45) is 5.73 Å². The second-order valence-electron chi connectivity index (χ2n) is 3.91. The second-order valence-corrected chi connectivity index (χ2v) is 3.91. The molecule has 4 heteroatoms. The van der Waals surface area contributed by atoms with Crippen LogP contribution in [0.5, 0.6) is 0 Å². The summed E-state index contributed by atoms with van der Waals surface area (Å²) in [6.07, 6.45) is 0. The number of hydrogen-bond acceptors (Lipinski definition) is 3. The van der Waals surface area contributed by atoms with E-state index in [1.54, 1.807) is 11.9 Å². The van der Waals surface area contributed by atoms with Gasteiger partial charge in [0.2, 0.25) is 5.91 Å². The van der Waals surface area contributed by atoms with E-state index >= 15 is 0 Å². The van der Waals surface area contributed by atoms with Crippen molar-refractivity contribution in [3.63, 3.8) is 0 Å². The van der Waals surface area contributed by atoms with Gasteiger partial charge in [0.25, 0.3) is 0 Å². The lowest BCUT2D eigenvalue weighted by Crippen LogP contribution is -2.43. The van der Waals surface area contributed by atoms with Gasteiger partial charge in [-0.2, -0.15) is 0 Å². The van der Waals surface area contributed by atoms with Gasteiger partial charge in [-0.15, -0.1) is 0 Å². The number of aryl methyl sites for hydroxylation is 1. The Morgan fingerprint density at radius 1 is 1.41 bits per heavy atom. The van der Waals surface area contributed by atoms with E-state index in [1.165, 1.54) is 0 Å².